The van der Waals surface area contributed by atoms with E-state index < -0.39 is 17.4 Å². The number of hydrogen-bond donors (Lipinski definition) is 2. The first-order valence-electron chi connectivity index (χ1n) is 6.56. The number of rotatable bonds is 5. The van der Waals surface area contributed by atoms with Gasteiger partial charge in [-0.05, 0) is 35.2 Å². The molecule has 0 bridgehead atoms. The molecule has 0 saturated carbocycles. The van der Waals surface area contributed by atoms with Crippen molar-refractivity contribution in [1.29, 1.82) is 0 Å². The summed E-state index contributed by atoms with van der Waals surface area (Å²) in [5.41, 5.74) is 2.89. The number of benzene rings is 2. The molecule has 2 aromatic carbocycles. The molecule has 0 unspecified atom stereocenters. The number of aryl methyl sites for hydroxylation is 1. The second kappa shape index (κ2) is 6.48. The molecule has 20 heavy (non-hydrogen) atoms. The molecule has 0 aliphatic heterocycles. The fourth-order valence-electron chi connectivity index (χ4n) is 2.14. The van der Waals surface area contributed by atoms with Crippen molar-refractivity contribution >= 4 is 0 Å². The maximum atomic E-state index is 13.2. The molecule has 0 atom stereocenters. The summed E-state index contributed by atoms with van der Waals surface area (Å²) in [6, 6.07) is 10.3. The lowest BCUT2D eigenvalue weighted by Crippen LogP contribution is -2.14. The van der Waals surface area contributed by atoms with Gasteiger partial charge in [0, 0.05) is 13.1 Å². The summed E-state index contributed by atoms with van der Waals surface area (Å²) in [6.07, 6.45) is 0.945. The highest BCUT2D eigenvalue weighted by Crippen LogP contribution is 2.21. The van der Waals surface area contributed by atoms with Crippen LogP contribution in [0.2, 0.25) is 0 Å². The van der Waals surface area contributed by atoms with Gasteiger partial charge in [-0.25, -0.2) is 8.78 Å². The summed E-state index contributed by atoms with van der Waals surface area (Å²) in [7, 11) is 0. The minimum Gasteiger partial charge on any atom is -0.503 e. The van der Waals surface area contributed by atoms with Crippen molar-refractivity contribution in [3.63, 3.8) is 0 Å². The molecule has 0 aliphatic rings. The van der Waals surface area contributed by atoms with Crippen molar-refractivity contribution in [2.24, 2.45) is 0 Å². The van der Waals surface area contributed by atoms with Gasteiger partial charge in [-0.3, -0.25) is 0 Å². The first-order chi connectivity index (χ1) is 9.61. The van der Waals surface area contributed by atoms with Crippen LogP contribution in [0.25, 0.3) is 0 Å². The molecular formula is C16H17F2NO. The van der Waals surface area contributed by atoms with E-state index in [0.29, 0.717) is 18.7 Å². The normalized spacial score (nSPS) is 10.8. The largest absolute Gasteiger partial charge is 0.503 e. The lowest BCUT2D eigenvalue weighted by atomic mass is 10.1. The van der Waals surface area contributed by atoms with Gasteiger partial charge in [0.25, 0.3) is 0 Å². The van der Waals surface area contributed by atoms with Gasteiger partial charge < -0.3 is 10.4 Å². The molecular weight excluding hydrogens is 260 g/mol. The highest BCUT2D eigenvalue weighted by Gasteiger charge is 2.09. The van der Waals surface area contributed by atoms with Crippen LogP contribution in [0.15, 0.2) is 36.4 Å². The monoisotopic (exact) mass is 277 g/mol. The lowest BCUT2D eigenvalue weighted by molar-refractivity contribution is 0.395. The Bertz CT molecular complexity index is 576. The van der Waals surface area contributed by atoms with Crippen LogP contribution in [0, 0.1) is 11.6 Å². The maximum absolute atomic E-state index is 13.2. The fraction of sp³-hybridized carbons (Fsp3) is 0.250. The summed E-state index contributed by atoms with van der Waals surface area (Å²) in [5.74, 6) is -2.79. The first-order valence-corrected chi connectivity index (χ1v) is 6.56. The topological polar surface area (TPSA) is 32.3 Å². The van der Waals surface area contributed by atoms with Crippen molar-refractivity contribution < 1.29 is 13.9 Å². The van der Waals surface area contributed by atoms with E-state index in [9.17, 15) is 8.78 Å². The van der Waals surface area contributed by atoms with Gasteiger partial charge in [-0.2, -0.15) is 0 Å². The van der Waals surface area contributed by atoms with Crippen LogP contribution in [0.5, 0.6) is 5.75 Å². The van der Waals surface area contributed by atoms with Crippen LogP contribution in [0.4, 0.5) is 8.78 Å². The Balaban J connectivity index is 1.99. The second-order valence-electron chi connectivity index (χ2n) is 4.63. The van der Waals surface area contributed by atoms with Crippen molar-refractivity contribution in [3.8, 4) is 5.75 Å². The van der Waals surface area contributed by atoms with Gasteiger partial charge in [0.1, 0.15) is 0 Å². The highest BCUT2D eigenvalue weighted by atomic mass is 19.1. The van der Waals surface area contributed by atoms with Gasteiger partial charge in [0.05, 0.1) is 0 Å². The predicted molar refractivity (Wildman–Crippen MR) is 74.4 cm³/mol. The van der Waals surface area contributed by atoms with E-state index in [1.54, 1.807) is 0 Å². The molecule has 2 nitrogen and oxygen atoms in total. The fourth-order valence-corrected chi connectivity index (χ4v) is 2.14. The molecule has 2 aromatic rings. The molecule has 0 aliphatic carbocycles. The van der Waals surface area contributed by atoms with E-state index in [-0.39, 0.29) is 0 Å². The van der Waals surface area contributed by atoms with Crippen LogP contribution in [-0.2, 0) is 19.5 Å². The van der Waals surface area contributed by atoms with Crippen LogP contribution in [-0.4, -0.2) is 5.11 Å². The molecule has 0 spiro atoms. The summed E-state index contributed by atoms with van der Waals surface area (Å²) < 4.78 is 26.4. The third-order valence-electron chi connectivity index (χ3n) is 3.22. The molecule has 2 N–H and O–H groups in total. The van der Waals surface area contributed by atoms with Crippen molar-refractivity contribution in [2.75, 3.05) is 0 Å². The highest BCUT2D eigenvalue weighted by molar-refractivity contribution is 5.30. The van der Waals surface area contributed by atoms with Gasteiger partial charge in [0.2, 0.25) is 0 Å². The number of nitrogens with one attached hydrogen (secondary N) is 1. The summed E-state index contributed by atoms with van der Waals surface area (Å²) in [5, 5.41) is 12.2. The van der Waals surface area contributed by atoms with Gasteiger partial charge >= 0.3 is 0 Å². The van der Waals surface area contributed by atoms with E-state index in [1.807, 2.05) is 18.2 Å². The van der Waals surface area contributed by atoms with E-state index in [1.165, 1.54) is 11.1 Å². The Morgan fingerprint density at radius 3 is 2.20 bits per heavy atom. The molecule has 0 radical (unpaired) electrons. The Kier molecular flexibility index (Phi) is 4.69. The number of phenols is 1. The Hall–Kier alpha value is -1.94. The number of hydrogen-bond acceptors (Lipinski definition) is 2. The van der Waals surface area contributed by atoms with Gasteiger partial charge in [-0.1, -0.05) is 31.2 Å². The molecule has 4 heteroatoms. The van der Waals surface area contributed by atoms with Gasteiger partial charge in [-0.15, -0.1) is 0 Å². The summed E-state index contributed by atoms with van der Waals surface area (Å²) in [4.78, 5) is 0. The zero-order valence-corrected chi connectivity index (χ0v) is 11.3. The van der Waals surface area contributed by atoms with E-state index in [4.69, 9.17) is 5.11 Å². The molecule has 0 heterocycles. The molecule has 0 fully saturated rings. The van der Waals surface area contributed by atoms with Crippen LogP contribution in [0.1, 0.15) is 23.6 Å². The molecule has 2 rings (SSSR count). The molecule has 106 valence electrons. The molecule has 0 amide bonds. The van der Waals surface area contributed by atoms with E-state index in [0.717, 1.165) is 18.6 Å². The Morgan fingerprint density at radius 2 is 1.60 bits per heavy atom. The summed E-state index contributed by atoms with van der Waals surface area (Å²) >= 11 is 0. The first kappa shape index (κ1) is 14.5. The van der Waals surface area contributed by atoms with Gasteiger partial charge in [0.15, 0.2) is 17.4 Å². The average Bonchev–Trinajstić information content (AvgIpc) is 2.45. The smallest absolute Gasteiger partial charge is 0.187 e. The van der Waals surface area contributed by atoms with Crippen molar-refractivity contribution in [2.45, 2.75) is 26.4 Å². The maximum Gasteiger partial charge on any atom is 0.187 e. The molecule has 0 aromatic heterocycles. The quantitative estimate of drug-likeness (QED) is 0.876. The minimum absolute atomic E-state index is 0.339. The zero-order chi connectivity index (χ0) is 14.5. The van der Waals surface area contributed by atoms with E-state index in [2.05, 4.69) is 18.3 Å². The Morgan fingerprint density at radius 1 is 1.00 bits per heavy atom. The third-order valence-corrected chi connectivity index (χ3v) is 3.22. The zero-order valence-electron chi connectivity index (χ0n) is 11.3. The van der Waals surface area contributed by atoms with Crippen molar-refractivity contribution in [1.82, 2.24) is 5.32 Å². The van der Waals surface area contributed by atoms with Crippen molar-refractivity contribution in [3.05, 3.63) is 64.7 Å². The minimum atomic E-state index is -0.934. The van der Waals surface area contributed by atoms with Crippen LogP contribution < -0.4 is 5.32 Å². The lowest BCUT2D eigenvalue weighted by Gasteiger charge is -2.10. The summed E-state index contributed by atoms with van der Waals surface area (Å²) in [6.45, 7) is 3.06. The van der Waals surface area contributed by atoms with Crippen LogP contribution >= 0.6 is 0 Å². The number of halogens is 2. The predicted octanol–water partition coefficient (Wildman–Crippen LogP) is 3.52. The standard InChI is InChI=1S/C16H17F2NO/c1-2-12-5-3-4-6-13(12)10-19-9-11-7-14(17)16(20)15(18)8-11/h3-8,19-20H,2,9-10H2,1H3. The molecule has 0 saturated heterocycles. The number of aromatic hydroxyl groups is 1. The SMILES string of the molecule is CCc1ccccc1CNCc1cc(F)c(O)c(F)c1. The Labute approximate surface area is 117 Å². The average molecular weight is 277 g/mol. The van der Waals surface area contributed by atoms with Crippen LogP contribution in [0.3, 0.4) is 0 Å². The second-order valence-corrected chi connectivity index (χ2v) is 4.63. The van der Waals surface area contributed by atoms with E-state index >= 15 is 0 Å². The number of phenolic OH excluding ortho intramolecular Hbond substituents is 1. The third kappa shape index (κ3) is 3.33.